The van der Waals surface area contributed by atoms with E-state index < -0.39 is 0 Å². The number of nitrogens with one attached hydrogen (secondary N) is 1. The second kappa shape index (κ2) is 6.33. The van der Waals surface area contributed by atoms with Gasteiger partial charge in [-0.05, 0) is 32.9 Å². The second-order valence-corrected chi connectivity index (χ2v) is 6.98. The summed E-state index contributed by atoms with van der Waals surface area (Å²) in [6.07, 6.45) is 3.78. The van der Waals surface area contributed by atoms with E-state index in [1.54, 1.807) is 11.3 Å². The molecule has 4 nitrogen and oxygen atoms in total. The van der Waals surface area contributed by atoms with Crippen LogP contribution in [0.5, 0.6) is 0 Å². The van der Waals surface area contributed by atoms with Gasteiger partial charge in [0.15, 0.2) is 5.13 Å². The molecule has 2 rings (SSSR count). The first-order valence-corrected chi connectivity index (χ1v) is 7.56. The van der Waals surface area contributed by atoms with E-state index in [1.165, 1.54) is 4.88 Å². The maximum Gasteiger partial charge on any atom is 0.185 e. The summed E-state index contributed by atoms with van der Waals surface area (Å²) in [6, 6.07) is 5.98. The maximum atomic E-state index is 4.49. The molecule has 2 aromatic heterocycles. The van der Waals surface area contributed by atoms with Crippen molar-refractivity contribution in [3.8, 4) is 0 Å². The quantitative estimate of drug-likeness (QED) is 0.919. The van der Waals surface area contributed by atoms with Crippen molar-refractivity contribution in [2.45, 2.75) is 39.4 Å². The molecule has 0 aliphatic rings. The van der Waals surface area contributed by atoms with Gasteiger partial charge in [0.25, 0.3) is 0 Å². The molecule has 20 heavy (non-hydrogen) atoms. The number of pyridine rings is 1. The average Bonchev–Trinajstić information content (AvgIpc) is 2.86. The second-order valence-electron chi connectivity index (χ2n) is 5.89. The SMILES string of the molecule is CN(Cc1ccccn1)c1ncc(CNC(C)(C)C)s1. The van der Waals surface area contributed by atoms with Crippen molar-refractivity contribution in [1.82, 2.24) is 15.3 Å². The Labute approximate surface area is 124 Å². The molecule has 1 N–H and O–H groups in total. The largest absolute Gasteiger partial charge is 0.345 e. The zero-order valence-electron chi connectivity index (χ0n) is 12.6. The predicted octanol–water partition coefficient (Wildman–Crippen LogP) is 3.06. The molecular weight excluding hydrogens is 268 g/mol. The van der Waals surface area contributed by atoms with Crippen LogP contribution in [0.4, 0.5) is 5.13 Å². The Morgan fingerprint density at radius 2 is 2.05 bits per heavy atom. The molecule has 108 valence electrons. The van der Waals surface area contributed by atoms with E-state index in [0.717, 1.165) is 23.9 Å². The summed E-state index contributed by atoms with van der Waals surface area (Å²) in [7, 11) is 2.05. The maximum absolute atomic E-state index is 4.49. The highest BCUT2D eigenvalue weighted by Gasteiger charge is 2.12. The lowest BCUT2D eigenvalue weighted by atomic mass is 10.1. The highest BCUT2D eigenvalue weighted by molar-refractivity contribution is 7.15. The summed E-state index contributed by atoms with van der Waals surface area (Å²) in [5, 5.41) is 4.51. The summed E-state index contributed by atoms with van der Waals surface area (Å²) < 4.78 is 0. The molecule has 2 aromatic rings. The molecule has 0 radical (unpaired) electrons. The van der Waals surface area contributed by atoms with E-state index in [4.69, 9.17) is 0 Å². The van der Waals surface area contributed by atoms with Crippen molar-refractivity contribution in [3.63, 3.8) is 0 Å². The van der Waals surface area contributed by atoms with Gasteiger partial charge in [-0.2, -0.15) is 0 Å². The van der Waals surface area contributed by atoms with E-state index in [1.807, 2.05) is 30.6 Å². The van der Waals surface area contributed by atoms with Crippen LogP contribution in [0.2, 0.25) is 0 Å². The van der Waals surface area contributed by atoms with Gasteiger partial charge in [0, 0.05) is 36.4 Å². The summed E-state index contributed by atoms with van der Waals surface area (Å²) in [5.41, 5.74) is 1.18. The van der Waals surface area contributed by atoms with Crippen molar-refractivity contribution in [3.05, 3.63) is 41.2 Å². The Hall–Kier alpha value is -1.46. The number of anilines is 1. The molecule has 0 unspecified atom stereocenters. The molecule has 0 saturated heterocycles. The van der Waals surface area contributed by atoms with Crippen LogP contribution >= 0.6 is 11.3 Å². The molecular formula is C15H22N4S. The van der Waals surface area contributed by atoms with Crippen molar-refractivity contribution in [2.24, 2.45) is 0 Å². The Morgan fingerprint density at radius 1 is 1.25 bits per heavy atom. The first-order valence-electron chi connectivity index (χ1n) is 6.75. The summed E-state index contributed by atoms with van der Waals surface area (Å²) in [5.74, 6) is 0. The summed E-state index contributed by atoms with van der Waals surface area (Å²) >= 11 is 1.73. The predicted molar refractivity (Wildman–Crippen MR) is 85.1 cm³/mol. The van der Waals surface area contributed by atoms with E-state index >= 15 is 0 Å². The molecule has 0 bridgehead atoms. The van der Waals surface area contributed by atoms with E-state index in [2.05, 4.69) is 48.0 Å². The number of thiazole rings is 1. The van der Waals surface area contributed by atoms with Gasteiger partial charge in [-0.1, -0.05) is 6.07 Å². The molecule has 0 spiro atoms. The monoisotopic (exact) mass is 290 g/mol. The third-order valence-electron chi connectivity index (χ3n) is 2.79. The molecule has 0 aliphatic heterocycles. The van der Waals surface area contributed by atoms with Crippen molar-refractivity contribution in [2.75, 3.05) is 11.9 Å². The van der Waals surface area contributed by atoms with Crippen LogP contribution in [-0.4, -0.2) is 22.6 Å². The Balaban J connectivity index is 1.94. The van der Waals surface area contributed by atoms with E-state index in [0.29, 0.717) is 0 Å². The third-order valence-corrected chi connectivity index (χ3v) is 3.90. The van der Waals surface area contributed by atoms with Gasteiger partial charge in [0.05, 0.1) is 12.2 Å². The van der Waals surface area contributed by atoms with Gasteiger partial charge < -0.3 is 10.2 Å². The smallest absolute Gasteiger partial charge is 0.185 e. The summed E-state index contributed by atoms with van der Waals surface area (Å²) in [4.78, 5) is 12.2. The fourth-order valence-electron chi connectivity index (χ4n) is 1.71. The fourth-order valence-corrected chi connectivity index (χ4v) is 2.52. The molecule has 0 aliphatic carbocycles. The molecule has 0 saturated carbocycles. The first kappa shape index (κ1) is 14.9. The minimum Gasteiger partial charge on any atom is -0.345 e. The van der Waals surface area contributed by atoms with Crippen LogP contribution < -0.4 is 10.2 Å². The fraction of sp³-hybridized carbons (Fsp3) is 0.467. The minimum atomic E-state index is 0.129. The number of hydrogen-bond acceptors (Lipinski definition) is 5. The van der Waals surface area contributed by atoms with Crippen LogP contribution in [0.25, 0.3) is 0 Å². The van der Waals surface area contributed by atoms with Crippen LogP contribution in [0.15, 0.2) is 30.6 Å². The Bertz CT molecular complexity index is 530. The highest BCUT2D eigenvalue weighted by atomic mass is 32.1. The van der Waals surface area contributed by atoms with Gasteiger partial charge in [0.1, 0.15) is 0 Å². The van der Waals surface area contributed by atoms with Gasteiger partial charge in [-0.15, -0.1) is 11.3 Å². The van der Waals surface area contributed by atoms with E-state index in [9.17, 15) is 0 Å². The zero-order valence-corrected chi connectivity index (χ0v) is 13.4. The molecule has 0 fully saturated rings. The Kier molecular flexibility index (Phi) is 4.73. The van der Waals surface area contributed by atoms with Crippen LogP contribution in [0.1, 0.15) is 31.3 Å². The number of aromatic nitrogens is 2. The lowest BCUT2D eigenvalue weighted by Crippen LogP contribution is -2.34. The first-order chi connectivity index (χ1) is 9.44. The summed E-state index contributed by atoms with van der Waals surface area (Å²) in [6.45, 7) is 8.14. The van der Waals surface area contributed by atoms with Gasteiger partial charge >= 0.3 is 0 Å². The molecule has 5 heteroatoms. The molecule has 0 atom stereocenters. The Morgan fingerprint density at radius 3 is 2.70 bits per heavy atom. The van der Waals surface area contributed by atoms with Gasteiger partial charge in [0.2, 0.25) is 0 Å². The minimum absolute atomic E-state index is 0.129. The lowest BCUT2D eigenvalue weighted by molar-refractivity contribution is 0.426. The van der Waals surface area contributed by atoms with Crippen molar-refractivity contribution >= 4 is 16.5 Å². The highest BCUT2D eigenvalue weighted by Crippen LogP contribution is 2.22. The van der Waals surface area contributed by atoms with Gasteiger partial charge in [-0.3, -0.25) is 4.98 Å². The van der Waals surface area contributed by atoms with Crippen LogP contribution in [0, 0.1) is 0 Å². The number of rotatable bonds is 5. The van der Waals surface area contributed by atoms with Crippen molar-refractivity contribution in [1.29, 1.82) is 0 Å². The van der Waals surface area contributed by atoms with E-state index in [-0.39, 0.29) is 5.54 Å². The topological polar surface area (TPSA) is 41.1 Å². The van der Waals surface area contributed by atoms with Crippen LogP contribution in [-0.2, 0) is 13.1 Å². The average molecular weight is 290 g/mol. The standard InChI is InChI=1S/C15H22N4S/c1-15(2,3)18-10-13-9-17-14(20-13)19(4)11-12-7-5-6-8-16-12/h5-9,18H,10-11H2,1-4H3. The van der Waals surface area contributed by atoms with Crippen molar-refractivity contribution < 1.29 is 0 Å². The molecule has 0 amide bonds. The zero-order chi connectivity index (χ0) is 14.6. The molecule has 2 heterocycles. The number of hydrogen-bond donors (Lipinski definition) is 1. The normalized spacial score (nSPS) is 11.6. The number of nitrogens with zero attached hydrogens (tertiary/aromatic N) is 3. The third kappa shape index (κ3) is 4.58. The molecule has 0 aromatic carbocycles. The van der Waals surface area contributed by atoms with Gasteiger partial charge in [-0.25, -0.2) is 4.98 Å². The lowest BCUT2D eigenvalue weighted by Gasteiger charge is -2.19. The van der Waals surface area contributed by atoms with Crippen LogP contribution in [0.3, 0.4) is 0 Å².